The van der Waals surface area contributed by atoms with E-state index in [0.717, 1.165) is 40.9 Å². The van der Waals surface area contributed by atoms with Gasteiger partial charge in [0.2, 0.25) is 0 Å². The summed E-state index contributed by atoms with van der Waals surface area (Å²) < 4.78 is 40.0. The van der Waals surface area contributed by atoms with Crippen LogP contribution < -0.4 is 10.2 Å². The molecule has 6 nitrogen and oxygen atoms in total. The summed E-state index contributed by atoms with van der Waals surface area (Å²) in [6.07, 6.45) is 1.29. The summed E-state index contributed by atoms with van der Waals surface area (Å²) in [5, 5.41) is 4.10. The van der Waals surface area contributed by atoms with E-state index in [2.05, 4.69) is 15.3 Å². The van der Waals surface area contributed by atoms with Crippen molar-refractivity contribution in [2.45, 2.75) is 38.4 Å². The van der Waals surface area contributed by atoms with Crippen molar-refractivity contribution in [1.82, 2.24) is 14.9 Å². The average molecular weight is 472 g/mol. The zero-order valence-corrected chi connectivity index (χ0v) is 18.3. The van der Waals surface area contributed by atoms with Gasteiger partial charge in [0.1, 0.15) is 5.82 Å². The smallest absolute Gasteiger partial charge is 0.352 e. The van der Waals surface area contributed by atoms with Gasteiger partial charge < -0.3 is 9.80 Å². The molecular weight excluding hydrogens is 451 g/mol. The number of carbonyl (C=O) groups is 1. The highest BCUT2D eigenvalue weighted by molar-refractivity contribution is 7.16. The first-order valence-electron chi connectivity index (χ1n) is 9.93. The summed E-state index contributed by atoms with van der Waals surface area (Å²) in [7, 11) is 0. The van der Waals surface area contributed by atoms with Crippen molar-refractivity contribution in [2.75, 3.05) is 29.9 Å². The number of fused-ring (bicyclic) bond motifs is 1. The number of nitrogens with one attached hydrogen (secondary N) is 1. The number of hydrogen-bond acceptors (Lipinski definition) is 5. The van der Waals surface area contributed by atoms with Crippen LogP contribution in [0.3, 0.4) is 0 Å². The third-order valence-electron chi connectivity index (χ3n) is 5.34. The van der Waals surface area contributed by atoms with Crippen molar-refractivity contribution in [3.63, 3.8) is 0 Å². The number of rotatable bonds is 2. The molecule has 11 heteroatoms. The zero-order valence-electron chi connectivity index (χ0n) is 16.7. The maximum Gasteiger partial charge on any atom is 0.419 e. The van der Waals surface area contributed by atoms with Crippen molar-refractivity contribution in [1.29, 1.82) is 0 Å². The first kappa shape index (κ1) is 21.9. The molecule has 2 amide bonds. The number of hydrogen-bond donors (Lipinski definition) is 1. The lowest BCUT2D eigenvalue weighted by molar-refractivity contribution is -0.137. The molecule has 0 saturated carbocycles. The molecule has 3 heterocycles. The largest absolute Gasteiger partial charge is 0.419 e. The van der Waals surface area contributed by atoms with Gasteiger partial charge in [0.05, 0.1) is 16.1 Å². The second-order valence-electron chi connectivity index (χ2n) is 7.57. The van der Waals surface area contributed by atoms with E-state index in [1.165, 1.54) is 23.6 Å². The molecule has 0 bridgehead atoms. The van der Waals surface area contributed by atoms with E-state index < -0.39 is 11.7 Å². The van der Waals surface area contributed by atoms with Gasteiger partial charge in [-0.3, -0.25) is 5.32 Å². The van der Waals surface area contributed by atoms with Gasteiger partial charge in [0, 0.05) is 36.9 Å². The molecule has 4 rings (SSSR count). The molecule has 2 aliphatic rings. The number of piperazine rings is 1. The number of aromatic nitrogens is 2. The number of allylic oxidation sites excluding steroid dienone is 1. The Balaban J connectivity index is 1.44. The van der Waals surface area contributed by atoms with E-state index >= 15 is 0 Å². The van der Waals surface area contributed by atoms with Crippen molar-refractivity contribution in [3.05, 3.63) is 39.5 Å². The number of carbonyl (C=O) groups excluding carboxylic acids is 1. The van der Waals surface area contributed by atoms with Gasteiger partial charge in [-0.2, -0.15) is 13.2 Å². The normalized spacial score (nSPS) is 19.5. The predicted molar refractivity (Wildman–Crippen MR) is 116 cm³/mol. The van der Waals surface area contributed by atoms with Gasteiger partial charge in [0.25, 0.3) is 0 Å². The maximum atomic E-state index is 13.3. The predicted octanol–water partition coefficient (Wildman–Crippen LogP) is 5.22. The quantitative estimate of drug-likeness (QED) is 0.652. The van der Waals surface area contributed by atoms with Gasteiger partial charge in [-0.05, 0) is 44.4 Å². The minimum atomic E-state index is -4.48. The third kappa shape index (κ3) is 4.79. The molecular formula is C20H21ClF3N5OS. The minimum Gasteiger partial charge on any atom is -0.352 e. The van der Waals surface area contributed by atoms with Crippen molar-refractivity contribution in [3.8, 4) is 0 Å². The molecule has 1 fully saturated rings. The van der Waals surface area contributed by atoms with Crippen molar-refractivity contribution < 1.29 is 18.0 Å². The lowest BCUT2D eigenvalue weighted by Crippen LogP contribution is -2.55. The summed E-state index contributed by atoms with van der Waals surface area (Å²) in [5.41, 5.74) is 0.153. The molecule has 1 aliphatic carbocycles. The van der Waals surface area contributed by atoms with Crippen LogP contribution in [0, 0.1) is 0 Å². The zero-order chi connectivity index (χ0) is 22.2. The van der Waals surface area contributed by atoms with Crippen LogP contribution in [0.25, 0.3) is 6.08 Å². The molecule has 166 valence electrons. The number of nitrogens with zero attached hydrogens (tertiary/aromatic N) is 4. The fourth-order valence-electron chi connectivity index (χ4n) is 3.83. The van der Waals surface area contributed by atoms with Crippen molar-refractivity contribution in [2.24, 2.45) is 0 Å². The van der Waals surface area contributed by atoms with E-state index in [1.807, 2.05) is 13.0 Å². The number of pyridine rings is 1. The first-order chi connectivity index (χ1) is 14.7. The van der Waals surface area contributed by atoms with Crippen LogP contribution in [0.5, 0.6) is 0 Å². The molecule has 1 atom stereocenters. The molecule has 0 spiro atoms. The number of amides is 2. The van der Waals surface area contributed by atoms with Crippen LogP contribution in [0.2, 0.25) is 0 Å². The topological polar surface area (TPSA) is 61.4 Å². The lowest BCUT2D eigenvalue weighted by atomic mass is 10.1. The first-order valence-corrected chi connectivity index (χ1v) is 11.1. The van der Waals surface area contributed by atoms with Crippen LogP contribution in [-0.4, -0.2) is 46.6 Å². The molecule has 0 radical (unpaired) electrons. The second-order valence-corrected chi connectivity index (χ2v) is 9.08. The Bertz CT molecular complexity index is 1010. The van der Waals surface area contributed by atoms with E-state index in [4.69, 9.17) is 11.6 Å². The van der Waals surface area contributed by atoms with Gasteiger partial charge in [-0.1, -0.05) is 22.9 Å². The number of thiazole rings is 1. The Hall–Kier alpha value is -2.33. The highest BCUT2D eigenvalue weighted by atomic mass is 35.5. The van der Waals surface area contributed by atoms with Gasteiger partial charge >= 0.3 is 12.2 Å². The van der Waals surface area contributed by atoms with E-state index in [0.29, 0.717) is 5.13 Å². The fourth-order valence-corrected chi connectivity index (χ4v) is 5.11. The van der Waals surface area contributed by atoms with Gasteiger partial charge in [-0.25, -0.2) is 14.8 Å². The number of alkyl halides is 3. The standard InChI is InChI=1S/C20H21ClF3N5OS/c1-12-11-28(17-14(20(22,23)24)5-3-7-25-17)8-9-29(12)19(30)27-18-26-15-6-2-4-13(21)10-16(15)31-18/h3,5,7,10,12H,2,4,6,8-9,11H2,1H3,(H,26,27,30). The minimum absolute atomic E-state index is 0.103. The highest BCUT2D eigenvalue weighted by Gasteiger charge is 2.37. The van der Waals surface area contributed by atoms with E-state index in [9.17, 15) is 18.0 Å². The van der Waals surface area contributed by atoms with E-state index in [1.54, 1.807) is 9.80 Å². The van der Waals surface area contributed by atoms with Crippen LogP contribution in [-0.2, 0) is 12.6 Å². The summed E-state index contributed by atoms with van der Waals surface area (Å²) >= 11 is 7.54. The Morgan fingerprint density at radius 2 is 2.13 bits per heavy atom. The summed E-state index contributed by atoms with van der Waals surface area (Å²) in [4.78, 5) is 25.4. The summed E-state index contributed by atoms with van der Waals surface area (Å²) in [6.45, 7) is 2.59. The van der Waals surface area contributed by atoms with Crippen LogP contribution in [0.1, 0.15) is 35.9 Å². The Morgan fingerprint density at radius 1 is 1.32 bits per heavy atom. The van der Waals surface area contributed by atoms with Crippen LogP contribution in [0.4, 0.5) is 28.9 Å². The Kier molecular flexibility index (Phi) is 6.11. The molecule has 1 aliphatic heterocycles. The Labute approximate surface area is 186 Å². The van der Waals surface area contributed by atoms with Crippen molar-refractivity contribution >= 4 is 46.0 Å². The van der Waals surface area contributed by atoms with E-state index in [-0.39, 0.29) is 37.5 Å². The average Bonchev–Trinajstić information content (AvgIpc) is 2.98. The number of aryl methyl sites for hydroxylation is 1. The van der Waals surface area contributed by atoms with Crippen LogP contribution in [0.15, 0.2) is 23.4 Å². The number of halogens is 4. The van der Waals surface area contributed by atoms with Crippen LogP contribution >= 0.6 is 22.9 Å². The summed E-state index contributed by atoms with van der Waals surface area (Å²) in [6, 6.07) is 1.68. The third-order valence-corrected chi connectivity index (χ3v) is 6.60. The highest BCUT2D eigenvalue weighted by Crippen LogP contribution is 2.36. The SMILES string of the molecule is CC1CN(c2ncccc2C(F)(F)F)CCN1C(=O)Nc1nc2c(s1)C=C(Cl)CCC2. The Morgan fingerprint density at radius 3 is 2.87 bits per heavy atom. The second kappa shape index (κ2) is 8.66. The molecule has 1 saturated heterocycles. The molecule has 0 aromatic carbocycles. The monoisotopic (exact) mass is 471 g/mol. The number of urea groups is 1. The maximum absolute atomic E-state index is 13.3. The van der Waals surface area contributed by atoms with Gasteiger partial charge in [0.15, 0.2) is 5.13 Å². The summed E-state index contributed by atoms with van der Waals surface area (Å²) in [5.74, 6) is -0.103. The number of anilines is 2. The lowest BCUT2D eigenvalue weighted by Gasteiger charge is -2.40. The molecule has 2 aromatic rings. The molecule has 2 aromatic heterocycles. The fraction of sp³-hybridized carbons (Fsp3) is 0.450. The van der Waals surface area contributed by atoms with Gasteiger partial charge in [-0.15, -0.1) is 0 Å². The molecule has 1 N–H and O–H groups in total. The molecule has 1 unspecified atom stereocenters. The molecule has 31 heavy (non-hydrogen) atoms.